The summed E-state index contributed by atoms with van der Waals surface area (Å²) < 4.78 is 5.63. The lowest BCUT2D eigenvalue weighted by atomic mass is 9.49. The molecule has 4 bridgehead atoms. The molecule has 4 saturated carbocycles. The van der Waals surface area contributed by atoms with Gasteiger partial charge >= 0.3 is 5.97 Å². The second kappa shape index (κ2) is 9.01. The molecule has 9 heteroatoms. The van der Waals surface area contributed by atoms with Crippen LogP contribution in [0.25, 0.3) is 0 Å². The summed E-state index contributed by atoms with van der Waals surface area (Å²) >= 11 is 0. The number of carbonyl (C=O) groups is 2. The van der Waals surface area contributed by atoms with Gasteiger partial charge < -0.3 is 20.7 Å². The van der Waals surface area contributed by atoms with Crippen LogP contribution in [0.4, 0.5) is 17.6 Å². The molecule has 190 valence electrons. The molecule has 3 N–H and O–H groups in total. The van der Waals surface area contributed by atoms with E-state index in [-0.39, 0.29) is 29.7 Å². The number of ether oxygens (including phenoxy) is 1. The molecule has 7 rings (SSSR count). The number of nitrogens with zero attached hydrogens (tertiary/aromatic N) is 4. The number of benzene rings is 1. The number of rotatable bonds is 6. The molecule has 9 nitrogen and oxygen atoms in total. The standard InChI is InChI=1S/C27H34N6O3/c1-16-5-2-3-6-20(16)29-26-31-22(30-25(28)32-26)15-36-23(34)21-7-4-8-33(21)24(35)27-12-17-9-18(13-27)11-19(10-17)14-27/h2-3,5-6,17-19,21H,4,7-15H2,1H3,(H3,28,29,30,31,32). The maximum atomic E-state index is 13.8. The van der Waals surface area contributed by atoms with Gasteiger partial charge in [0.05, 0.1) is 5.41 Å². The molecular weight excluding hydrogens is 456 g/mol. The highest BCUT2D eigenvalue weighted by atomic mass is 16.5. The highest BCUT2D eigenvalue weighted by Gasteiger charge is 2.57. The lowest BCUT2D eigenvalue weighted by molar-refractivity contribution is -0.166. The third kappa shape index (κ3) is 4.29. The van der Waals surface area contributed by atoms with Crippen molar-refractivity contribution in [2.24, 2.45) is 23.2 Å². The van der Waals surface area contributed by atoms with E-state index in [1.165, 1.54) is 19.3 Å². The van der Waals surface area contributed by atoms with Crippen molar-refractivity contribution in [3.05, 3.63) is 35.7 Å². The van der Waals surface area contributed by atoms with E-state index in [9.17, 15) is 9.59 Å². The number of likely N-dealkylation sites (tertiary alicyclic amines) is 1. The van der Waals surface area contributed by atoms with Crippen molar-refractivity contribution in [2.45, 2.75) is 70.9 Å². The molecular formula is C27H34N6O3. The molecule has 1 unspecified atom stereocenters. The zero-order valence-electron chi connectivity index (χ0n) is 20.8. The number of esters is 1. The van der Waals surface area contributed by atoms with Crippen LogP contribution < -0.4 is 11.1 Å². The van der Waals surface area contributed by atoms with Gasteiger partial charge in [-0.1, -0.05) is 18.2 Å². The van der Waals surface area contributed by atoms with Crippen molar-refractivity contribution in [3.8, 4) is 0 Å². The van der Waals surface area contributed by atoms with Gasteiger partial charge in [-0.2, -0.15) is 15.0 Å². The first-order valence-electron chi connectivity index (χ1n) is 13.2. The Morgan fingerprint density at radius 1 is 1.08 bits per heavy atom. The van der Waals surface area contributed by atoms with Crippen molar-refractivity contribution < 1.29 is 14.3 Å². The molecule has 1 aromatic heterocycles. The molecule has 1 amide bonds. The number of hydrogen-bond donors (Lipinski definition) is 2. The van der Waals surface area contributed by atoms with Crippen LogP contribution in [-0.4, -0.2) is 44.3 Å². The Balaban J connectivity index is 1.12. The molecule has 0 radical (unpaired) electrons. The van der Waals surface area contributed by atoms with Crippen molar-refractivity contribution in [1.82, 2.24) is 19.9 Å². The molecule has 5 fully saturated rings. The first-order valence-corrected chi connectivity index (χ1v) is 13.2. The van der Waals surface area contributed by atoms with E-state index >= 15 is 0 Å². The second-order valence-electron chi connectivity index (χ2n) is 11.3. The van der Waals surface area contributed by atoms with Gasteiger partial charge in [0, 0.05) is 12.2 Å². The third-order valence-electron chi connectivity index (χ3n) is 8.71. The summed E-state index contributed by atoms with van der Waals surface area (Å²) in [5, 5.41) is 3.15. The largest absolute Gasteiger partial charge is 0.456 e. The van der Waals surface area contributed by atoms with Gasteiger partial charge in [-0.3, -0.25) is 4.79 Å². The van der Waals surface area contributed by atoms with E-state index in [2.05, 4.69) is 20.3 Å². The Labute approximate surface area is 211 Å². The van der Waals surface area contributed by atoms with Gasteiger partial charge in [-0.05, 0) is 87.7 Å². The maximum Gasteiger partial charge on any atom is 0.329 e. The van der Waals surface area contributed by atoms with Gasteiger partial charge in [0.15, 0.2) is 12.4 Å². The van der Waals surface area contributed by atoms with Crippen LogP contribution in [0.2, 0.25) is 0 Å². The molecule has 0 spiro atoms. The summed E-state index contributed by atoms with van der Waals surface area (Å²) in [4.78, 5) is 41.5. The van der Waals surface area contributed by atoms with E-state index < -0.39 is 12.0 Å². The molecule has 36 heavy (non-hydrogen) atoms. The minimum absolute atomic E-state index is 0.0478. The number of nitrogen functional groups attached to an aromatic ring is 1. The summed E-state index contributed by atoms with van der Waals surface area (Å²) in [5.74, 6) is 2.46. The van der Waals surface area contributed by atoms with Crippen LogP contribution in [0.3, 0.4) is 0 Å². The van der Waals surface area contributed by atoms with Crippen LogP contribution in [-0.2, 0) is 20.9 Å². The van der Waals surface area contributed by atoms with Gasteiger partial charge in [0.25, 0.3) is 0 Å². The van der Waals surface area contributed by atoms with E-state index in [1.807, 2.05) is 36.1 Å². The highest BCUT2D eigenvalue weighted by Crippen LogP contribution is 2.60. The quantitative estimate of drug-likeness (QED) is 0.587. The van der Waals surface area contributed by atoms with Crippen molar-refractivity contribution in [1.29, 1.82) is 0 Å². The van der Waals surface area contributed by atoms with Crippen LogP contribution >= 0.6 is 0 Å². The Morgan fingerprint density at radius 3 is 2.47 bits per heavy atom. The zero-order valence-corrected chi connectivity index (χ0v) is 20.8. The van der Waals surface area contributed by atoms with E-state index in [0.717, 1.165) is 36.9 Å². The van der Waals surface area contributed by atoms with Gasteiger partial charge in [0.2, 0.25) is 17.8 Å². The second-order valence-corrected chi connectivity index (χ2v) is 11.3. The molecule has 5 aliphatic rings. The lowest BCUT2D eigenvalue weighted by Crippen LogP contribution is -2.56. The van der Waals surface area contributed by atoms with Crippen LogP contribution in [0.15, 0.2) is 24.3 Å². The third-order valence-corrected chi connectivity index (χ3v) is 8.71. The van der Waals surface area contributed by atoms with Crippen molar-refractivity contribution >= 4 is 29.5 Å². The van der Waals surface area contributed by atoms with Gasteiger partial charge in [-0.15, -0.1) is 0 Å². The lowest BCUT2D eigenvalue weighted by Gasteiger charge is -2.56. The number of hydrogen-bond acceptors (Lipinski definition) is 8. The Morgan fingerprint density at radius 2 is 1.78 bits per heavy atom. The van der Waals surface area contributed by atoms with Gasteiger partial charge in [-0.25, -0.2) is 4.79 Å². The SMILES string of the molecule is Cc1ccccc1Nc1nc(N)nc(COC(=O)C2CCCN2C(=O)C23CC4CC(CC(C4)C2)C3)n1. The molecule has 1 aromatic carbocycles. The minimum Gasteiger partial charge on any atom is -0.456 e. The van der Waals surface area contributed by atoms with Crippen LogP contribution in [0.5, 0.6) is 0 Å². The number of nitrogens with two attached hydrogens (primary N) is 1. The smallest absolute Gasteiger partial charge is 0.329 e. The molecule has 4 aliphatic carbocycles. The summed E-state index contributed by atoms with van der Waals surface area (Å²) in [6.07, 6.45) is 8.30. The van der Waals surface area contributed by atoms with E-state index in [4.69, 9.17) is 10.5 Å². The van der Waals surface area contributed by atoms with Crippen LogP contribution in [0.1, 0.15) is 62.8 Å². The molecule has 1 aliphatic heterocycles. The average Bonchev–Trinajstić information content (AvgIpc) is 3.32. The number of para-hydroxylation sites is 1. The average molecular weight is 491 g/mol. The summed E-state index contributed by atoms with van der Waals surface area (Å²) in [7, 11) is 0. The highest BCUT2D eigenvalue weighted by molar-refractivity contribution is 5.89. The molecule has 2 heterocycles. The number of amides is 1. The Kier molecular flexibility index (Phi) is 5.80. The molecule has 2 aromatic rings. The first kappa shape index (κ1) is 23.2. The Bertz CT molecular complexity index is 1150. The van der Waals surface area contributed by atoms with Crippen molar-refractivity contribution in [3.63, 3.8) is 0 Å². The van der Waals surface area contributed by atoms with Gasteiger partial charge in [0.1, 0.15) is 6.04 Å². The fourth-order valence-electron chi connectivity index (χ4n) is 7.56. The number of nitrogens with one attached hydrogen (secondary N) is 1. The molecule has 1 atom stereocenters. The summed E-state index contributed by atoms with van der Waals surface area (Å²) in [6.45, 7) is 2.49. The zero-order chi connectivity index (χ0) is 24.9. The minimum atomic E-state index is -0.533. The summed E-state index contributed by atoms with van der Waals surface area (Å²) in [6, 6.07) is 7.24. The number of aromatic nitrogens is 3. The predicted molar refractivity (Wildman–Crippen MR) is 134 cm³/mol. The summed E-state index contributed by atoms with van der Waals surface area (Å²) in [5.41, 5.74) is 7.53. The fourth-order valence-corrected chi connectivity index (χ4v) is 7.56. The monoisotopic (exact) mass is 490 g/mol. The molecule has 1 saturated heterocycles. The van der Waals surface area contributed by atoms with Crippen molar-refractivity contribution in [2.75, 3.05) is 17.6 Å². The van der Waals surface area contributed by atoms with Crippen LogP contribution in [0, 0.1) is 30.1 Å². The number of anilines is 3. The topological polar surface area (TPSA) is 123 Å². The first-order chi connectivity index (χ1) is 17.4. The fraction of sp³-hybridized carbons (Fsp3) is 0.593. The Hall–Kier alpha value is -3.23. The van der Waals surface area contributed by atoms with E-state index in [1.54, 1.807) is 0 Å². The normalized spacial score (nSPS) is 30.4. The number of carbonyl (C=O) groups excluding carboxylic acids is 2. The number of aryl methyl sites for hydroxylation is 1. The predicted octanol–water partition coefficient (Wildman–Crippen LogP) is 3.76. The van der Waals surface area contributed by atoms with E-state index in [0.29, 0.717) is 36.7 Å². The maximum absolute atomic E-state index is 13.8.